The van der Waals surface area contributed by atoms with Crippen LogP contribution in [0.3, 0.4) is 0 Å². The number of rotatable bonds is 6. The number of hydrogen-bond acceptors (Lipinski definition) is 5. The lowest BCUT2D eigenvalue weighted by atomic mass is 9.43. The third-order valence-electron chi connectivity index (χ3n) is 11.5. The fourth-order valence-corrected chi connectivity index (χ4v) is 9.47. The van der Waals surface area contributed by atoms with Gasteiger partial charge in [-0.15, -0.1) is 0 Å². The highest BCUT2D eigenvalue weighted by molar-refractivity contribution is 5.75. The average molecular weight is 499 g/mol. The van der Waals surface area contributed by atoms with Gasteiger partial charge in [0.1, 0.15) is 0 Å². The smallest absolute Gasteiger partial charge is 0.220 e. The number of carbonyl (C=O) groups excluding carboxylic acids is 1. The molecule has 6 heteroatoms. The van der Waals surface area contributed by atoms with Gasteiger partial charge >= 0.3 is 0 Å². The van der Waals surface area contributed by atoms with Crippen LogP contribution >= 0.6 is 0 Å². The highest BCUT2D eigenvalue weighted by Crippen LogP contribution is 2.68. The number of hydrogen-bond donors (Lipinski definition) is 4. The zero-order valence-electron chi connectivity index (χ0n) is 22.3. The Kier molecular flexibility index (Phi) is 7.25. The second-order valence-electron chi connectivity index (χ2n) is 13.1. The maximum atomic E-state index is 12.5. The first kappa shape index (κ1) is 26.1. The van der Waals surface area contributed by atoms with Crippen molar-refractivity contribution >= 4 is 5.91 Å². The molecule has 36 heavy (non-hydrogen) atoms. The molecule has 200 valence electrons. The Morgan fingerprint density at radius 1 is 1.11 bits per heavy atom. The van der Waals surface area contributed by atoms with E-state index in [1.54, 1.807) is 6.20 Å². The molecule has 0 aromatic carbocycles. The van der Waals surface area contributed by atoms with Crippen LogP contribution < -0.4 is 5.32 Å². The topological polar surface area (TPSA) is 103 Å². The van der Waals surface area contributed by atoms with E-state index in [0.717, 1.165) is 57.1 Å². The van der Waals surface area contributed by atoms with Gasteiger partial charge in [-0.2, -0.15) is 0 Å². The van der Waals surface area contributed by atoms with Gasteiger partial charge in [0.25, 0.3) is 0 Å². The van der Waals surface area contributed by atoms with Crippen molar-refractivity contribution < 1.29 is 20.1 Å². The summed E-state index contributed by atoms with van der Waals surface area (Å²) in [5.74, 6) is 1.95. The molecular formula is C30H46N2O4. The zero-order chi connectivity index (χ0) is 25.7. The van der Waals surface area contributed by atoms with Crippen molar-refractivity contribution in [3.8, 4) is 0 Å². The van der Waals surface area contributed by atoms with Gasteiger partial charge in [0.2, 0.25) is 5.91 Å². The highest BCUT2D eigenvalue weighted by Gasteiger charge is 2.65. The van der Waals surface area contributed by atoms with Crippen molar-refractivity contribution in [2.75, 3.05) is 0 Å². The van der Waals surface area contributed by atoms with E-state index in [1.165, 1.54) is 0 Å². The minimum atomic E-state index is -0.383. The Morgan fingerprint density at radius 2 is 1.92 bits per heavy atom. The summed E-state index contributed by atoms with van der Waals surface area (Å²) >= 11 is 0. The Balaban J connectivity index is 1.25. The first-order valence-corrected chi connectivity index (χ1v) is 14.3. The molecule has 4 aliphatic carbocycles. The minimum absolute atomic E-state index is 0.0533. The predicted molar refractivity (Wildman–Crippen MR) is 138 cm³/mol. The van der Waals surface area contributed by atoms with Crippen molar-refractivity contribution in [3.63, 3.8) is 0 Å². The van der Waals surface area contributed by atoms with Crippen molar-refractivity contribution in [2.45, 2.75) is 103 Å². The second kappa shape index (κ2) is 9.99. The molecule has 6 nitrogen and oxygen atoms in total. The lowest BCUT2D eigenvalue weighted by Crippen LogP contribution is -2.62. The third kappa shape index (κ3) is 4.41. The number of pyridine rings is 1. The van der Waals surface area contributed by atoms with E-state index in [-0.39, 0.29) is 41.0 Å². The highest BCUT2D eigenvalue weighted by atomic mass is 16.3. The molecule has 4 fully saturated rings. The molecule has 4 saturated carbocycles. The van der Waals surface area contributed by atoms with E-state index >= 15 is 0 Å². The van der Waals surface area contributed by atoms with Gasteiger partial charge in [-0.25, -0.2) is 0 Å². The summed E-state index contributed by atoms with van der Waals surface area (Å²) in [4.78, 5) is 16.8. The molecular weight excluding hydrogens is 452 g/mol. The third-order valence-corrected chi connectivity index (χ3v) is 11.5. The van der Waals surface area contributed by atoms with Crippen molar-refractivity contribution in [3.05, 3.63) is 30.1 Å². The monoisotopic (exact) mass is 498 g/mol. The summed E-state index contributed by atoms with van der Waals surface area (Å²) in [7, 11) is 0. The van der Waals surface area contributed by atoms with Crippen LogP contribution in [-0.2, 0) is 11.3 Å². The molecule has 4 aliphatic rings. The minimum Gasteiger partial charge on any atom is -0.393 e. The van der Waals surface area contributed by atoms with E-state index in [9.17, 15) is 20.1 Å². The van der Waals surface area contributed by atoms with E-state index in [4.69, 9.17) is 0 Å². The van der Waals surface area contributed by atoms with E-state index in [1.807, 2.05) is 18.2 Å². The van der Waals surface area contributed by atoms with Crippen LogP contribution in [-0.4, -0.2) is 44.5 Å². The maximum Gasteiger partial charge on any atom is 0.220 e. The molecule has 0 saturated heterocycles. The normalized spacial score (nSPS) is 44.7. The summed E-state index contributed by atoms with van der Waals surface area (Å²) in [6.45, 7) is 7.36. The summed E-state index contributed by atoms with van der Waals surface area (Å²) in [5.41, 5.74) is 0.740. The molecule has 1 amide bonds. The molecule has 1 heterocycles. The number of aliphatic hydroxyl groups is 3. The number of nitrogens with zero attached hydrogens (tertiary/aromatic N) is 1. The summed E-state index contributed by atoms with van der Waals surface area (Å²) in [6, 6.07) is 5.71. The first-order chi connectivity index (χ1) is 17.1. The molecule has 0 bridgehead atoms. The molecule has 0 aliphatic heterocycles. The van der Waals surface area contributed by atoms with Gasteiger partial charge in [-0.1, -0.05) is 26.8 Å². The van der Waals surface area contributed by atoms with Gasteiger partial charge < -0.3 is 20.6 Å². The van der Waals surface area contributed by atoms with Crippen LogP contribution in [0.4, 0.5) is 0 Å². The number of nitrogens with one attached hydrogen (secondary N) is 1. The largest absolute Gasteiger partial charge is 0.393 e. The van der Waals surface area contributed by atoms with E-state index in [0.29, 0.717) is 42.6 Å². The van der Waals surface area contributed by atoms with Gasteiger partial charge in [0.05, 0.1) is 30.6 Å². The molecule has 1 aromatic rings. The Morgan fingerprint density at radius 3 is 2.67 bits per heavy atom. The Hall–Kier alpha value is -1.50. The average Bonchev–Trinajstić information content (AvgIpc) is 3.22. The SMILES string of the molecule is CC(CCC(=O)NCc1ccccn1)C1CCC2C3C(O)CC4CC(O)CCC4(C)C3CC(O)C12C. The number of aromatic nitrogens is 1. The lowest BCUT2D eigenvalue weighted by Gasteiger charge is -2.63. The molecule has 0 spiro atoms. The van der Waals surface area contributed by atoms with Crippen molar-refractivity contribution in [2.24, 2.45) is 46.3 Å². The molecule has 5 rings (SSSR count). The van der Waals surface area contributed by atoms with Crippen LogP contribution in [0.25, 0.3) is 0 Å². The quantitative estimate of drug-likeness (QED) is 0.473. The molecule has 0 radical (unpaired) electrons. The first-order valence-electron chi connectivity index (χ1n) is 14.3. The number of aliphatic hydroxyl groups excluding tert-OH is 3. The molecule has 1 aromatic heterocycles. The van der Waals surface area contributed by atoms with Gasteiger partial charge in [0, 0.05) is 12.6 Å². The maximum absolute atomic E-state index is 12.5. The zero-order valence-corrected chi connectivity index (χ0v) is 22.3. The van der Waals surface area contributed by atoms with Crippen LogP contribution in [0.2, 0.25) is 0 Å². The second-order valence-corrected chi connectivity index (χ2v) is 13.1. The van der Waals surface area contributed by atoms with Crippen molar-refractivity contribution in [1.29, 1.82) is 0 Å². The van der Waals surface area contributed by atoms with Gasteiger partial charge in [-0.05, 0) is 110 Å². The summed E-state index contributed by atoms with van der Waals surface area (Å²) in [5, 5.41) is 36.4. The fraction of sp³-hybridized carbons (Fsp3) is 0.800. The van der Waals surface area contributed by atoms with E-state index in [2.05, 4.69) is 31.1 Å². The number of carbonyl (C=O) groups is 1. The van der Waals surface area contributed by atoms with E-state index < -0.39 is 0 Å². The van der Waals surface area contributed by atoms with Gasteiger partial charge in [0.15, 0.2) is 0 Å². The Bertz CT molecular complexity index is 927. The standard InChI is InChI=1S/C30H46N2O4/c1-18(7-10-27(36)32-17-20-6-4-5-13-31-20)22-8-9-23-28-24(16-26(35)30(22,23)3)29(2)12-11-21(33)14-19(29)15-25(28)34/h4-6,13,18-19,21-26,28,33-35H,7-12,14-17H2,1-3H3,(H,32,36). The summed E-state index contributed by atoms with van der Waals surface area (Å²) < 4.78 is 0. The number of amides is 1. The molecule has 11 atom stereocenters. The summed E-state index contributed by atoms with van der Waals surface area (Å²) in [6.07, 6.45) is 8.33. The predicted octanol–water partition coefficient (Wildman–Crippen LogP) is 4.08. The Labute approximate surface area is 216 Å². The van der Waals surface area contributed by atoms with Crippen LogP contribution in [0.1, 0.15) is 84.3 Å². The number of fused-ring (bicyclic) bond motifs is 5. The lowest BCUT2D eigenvalue weighted by molar-refractivity contribution is -0.207. The van der Waals surface area contributed by atoms with Crippen LogP contribution in [0.15, 0.2) is 24.4 Å². The van der Waals surface area contributed by atoms with Gasteiger partial charge in [-0.3, -0.25) is 9.78 Å². The van der Waals surface area contributed by atoms with Crippen LogP contribution in [0.5, 0.6) is 0 Å². The molecule has 11 unspecified atom stereocenters. The molecule has 4 N–H and O–H groups in total. The fourth-order valence-electron chi connectivity index (χ4n) is 9.47. The van der Waals surface area contributed by atoms with Crippen molar-refractivity contribution in [1.82, 2.24) is 10.3 Å². The van der Waals surface area contributed by atoms with Crippen LogP contribution in [0, 0.1) is 46.3 Å².